The van der Waals surface area contributed by atoms with Crippen LogP contribution in [0.4, 0.5) is 5.69 Å². The summed E-state index contributed by atoms with van der Waals surface area (Å²) in [5.74, 6) is 0.0373. The van der Waals surface area contributed by atoms with Crippen LogP contribution in [0.2, 0.25) is 0 Å². The summed E-state index contributed by atoms with van der Waals surface area (Å²) in [6.45, 7) is 0. The van der Waals surface area contributed by atoms with Gasteiger partial charge < -0.3 is 0 Å². The number of benzene rings is 4. The van der Waals surface area contributed by atoms with Gasteiger partial charge in [-0.2, -0.15) is 0 Å². The highest BCUT2D eigenvalue weighted by Crippen LogP contribution is 2.49. The average molecular weight is 453 g/mol. The quantitative estimate of drug-likeness (QED) is 0.294. The van der Waals surface area contributed by atoms with E-state index in [2.05, 4.69) is 47.5 Å². The van der Waals surface area contributed by atoms with Gasteiger partial charge in [0.25, 0.3) is 0 Å². The average Bonchev–Trinajstić information content (AvgIpc) is 3.22. The van der Waals surface area contributed by atoms with Crippen LogP contribution in [-0.2, 0) is 10.2 Å². The Morgan fingerprint density at radius 2 is 1.29 bits per heavy atom. The normalized spacial score (nSPS) is 16.2. The maximum atomic E-state index is 14.7. The molecule has 2 heterocycles. The van der Waals surface area contributed by atoms with E-state index in [9.17, 15) is 4.79 Å². The molecule has 1 aromatic heterocycles. The Kier molecular flexibility index (Phi) is 5.23. The number of carbonyl (C=O) groups is 1. The lowest BCUT2D eigenvalue weighted by Crippen LogP contribution is -2.39. The van der Waals surface area contributed by atoms with Crippen LogP contribution < -0.4 is 4.90 Å². The molecule has 5 aromatic rings. The van der Waals surface area contributed by atoms with Gasteiger partial charge in [0.2, 0.25) is 5.91 Å². The molecule has 35 heavy (non-hydrogen) atoms. The molecule has 168 valence electrons. The molecule has 1 saturated heterocycles. The van der Waals surface area contributed by atoms with Crippen LogP contribution in [0.25, 0.3) is 17.0 Å². The highest BCUT2D eigenvalue weighted by molar-refractivity contribution is 6.13. The van der Waals surface area contributed by atoms with E-state index in [1.54, 1.807) is 6.20 Å². The number of allylic oxidation sites excluding steroid dienone is 1. The van der Waals surface area contributed by atoms with E-state index in [1.807, 2.05) is 89.8 Å². The van der Waals surface area contributed by atoms with Crippen molar-refractivity contribution in [1.82, 2.24) is 4.98 Å². The van der Waals surface area contributed by atoms with Crippen molar-refractivity contribution in [2.45, 2.75) is 11.8 Å². The van der Waals surface area contributed by atoms with Crippen molar-refractivity contribution in [3.8, 4) is 0 Å². The van der Waals surface area contributed by atoms with Crippen molar-refractivity contribution in [2.75, 3.05) is 4.90 Å². The highest BCUT2D eigenvalue weighted by atomic mass is 16.2. The van der Waals surface area contributed by atoms with Gasteiger partial charge in [0.05, 0.1) is 11.2 Å². The van der Waals surface area contributed by atoms with Gasteiger partial charge in [0.1, 0.15) is 5.41 Å². The first-order valence-electron chi connectivity index (χ1n) is 11.8. The number of aromatic nitrogens is 1. The molecule has 1 aliphatic rings. The summed E-state index contributed by atoms with van der Waals surface area (Å²) in [5, 5.41) is 1.01. The molecular weight excluding hydrogens is 428 g/mol. The lowest BCUT2D eigenvalue weighted by atomic mass is 9.73. The Hall–Kier alpha value is -4.50. The molecule has 0 aliphatic carbocycles. The molecule has 3 nitrogen and oxygen atoms in total. The van der Waals surface area contributed by atoms with Crippen molar-refractivity contribution in [1.29, 1.82) is 0 Å². The minimum atomic E-state index is -0.833. The summed E-state index contributed by atoms with van der Waals surface area (Å²) in [4.78, 5) is 21.3. The minimum absolute atomic E-state index is 0.0373. The zero-order chi connectivity index (χ0) is 23.7. The van der Waals surface area contributed by atoms with E-state index in [1.165, 1.54) is 0 Å². The number of anilines is 1. The van der Waals surface area contributed by atoms with Gasteiger partial charge in [-0.25, -0.2) is 0 Å². The first-order valence-corrected chi connectivity index (χ1v) is 11.8. The summed E-state index contributed by atoms with van der Waals surface area (Å²) in [6.07, 6.45) is 4.47. The summed E-state index contributed by atoms with van der Waals surface area (Å²) in [6, 6.07) is 40.5. The van der Waals surface area contributed by atoms with Gasteiger partial charge in [-0.05, 0) is 34.9 Å². The monoisotopic (exact) mass is 452 g/mol. The van der Waals surface area contributed by atoms with Gasteiger partial charge in [-0.1, -0.05) is 109 Å². The molecule has 1 amide bonds. The van der Waals surface area contributed by atoms with Crippen LogP contribution in [0, 0.1) is 0 Å². The van der Waals surface area contributed by atoms with E-state index in [4.69, 9.17) is 0 Å². The van der Waals surface area contributed by atoms with E-state index in [-0.39, 0.29) is 5.91 Å². The third-order valence-corrected chi connectivity index (χ3v) is 6.82. The minimum Gasteiger partial charge on any atom is -0.281 e. The number of nitrogens with zero attached hydrogens (tertiary/aromatic N) is 2. The smallest absolute Gasteiger partial charge is 0.246 e. The van der Waals surface area contributed by atoms with E-state index in [0.29, 0.717) is 6.42 Å². The van der Waals surface area contributed by atoms with Crippen LogP contribution in [-0.4, -0.2) is 10.9 Å². The molecule has 0 N–H and O–H groups in total. The molecule has 0 saturated carbocycles. The molecule has 1 fully saturated rings. The first-order chi connectivity index (χ1) is 17.3. The maximum Gasteiger partial charge on any atom is 0.246 e. The molecule has 3 heteroatoms. The van der Waals surface area contributed by atoms with Gasteiger partial charge in [-0.3, -0.25) is 14.7 Å². The van der Waals surface area contributed by atoms with E-state index < -0.39 is 5.41 Å². The summed E-state index contributed by atoms with van der Waals surface area (Å²) in [5.41, 5.74) is 4.79. The lowest BCUT2D eigenvalue weighted by Gasteiger charge is -2.29. The van der Waals surface area contributed by atoms with E-state index >= 15 is 0 Å². The van der Waals surface area contributed by atoms with Crippen LogP contribution in [0.5, 0.6) is 0 Å². The number of carbonyl (C=O) groups excluding carboxylic acids is 1. The van der Waals surface area contributed by atoms with Crippen molar-refractivity contribution >= 4 is 28.6 Å². The summed E-state index contributed by atoms with van der Waals surface area (Å²) >= 11 is 0. The zero-order valence-electron chi connectivity index (χ0n) is 19.2. The fourth-order valence-electron chi connectivity index (χ4n) is 5.20. The van der Waals surface area contributed by atoms with Crippen LogP contribution in [0.15, 0.2) is 133 Å². The predicted octanol–water partition coefficient (Wildman–Crippen LogP) is 7.00. The number of rotatable bonds is 4. The third-order valence-electron chi connectivity index (χ3n) is 6.82. The van der Waals surface area contributed by atoms with Gasteiger partial charge in [-0.15, -0.1) is 0 Å². The SMILES string of the molecule is O=C1N(c2cccc3cccnc23)/C(=C/c2ccccc2)CC1(c1ccccc1)c1ccccc1. The number of amides is 1. The molecule has 1 aliphatic heterocycles. The molecule has 0 radical (unpaired) electrons. The van der Waals surface area contributed by atoms with Crippen LogP contribution in [0.3, 0.4) is 0 Å². The Morgan fingerprint density at radius 1 is 0.686 bits per heavy atom. The summed E-state index contributed by atoms with van der Waals surface area (Å²) < 4.78 is 0. The fraction of sp³-hybridized carbons (Fsp3) is 0.0625. The molecular formula is C32H24N2O. The predicted molar refractivity (Wildman–Crippen MR) is 142 cm³/mol. The number of fused-ring (bicyclic) bond motifs is 1. The first kappa shape index (κ1) is 21.1. The van der Waals surface area contributed by atoms with E-state index in [0.717, 1.165) is 39.0 Å². The Morgan fingerprint density at radius 3 is 1.94 bits per heavy atom. The van der Waals surface area contributed by atoms with Crippen LogP contribution in [0.1, 0.15) is 23.1 Å². The van der Waals surface area contributed by atoms with Crippen molar-refractivity contribution in [3.05, 3.63) is 150 Å². The van der Waals surface area contributed by atoms with Crippen molar-refractivity contribution in [2.24, 2.45) is 0 Å². The largest absolute Gasteiger partial charge is 0.281 e. The molecule has 0 bridgehead atoms. The van der Waals surface area contributed by atoms with Crippen LogP contribution >= 0.6 is 0 Å². The second kappa shape index (κ2) is 8.69. The highest BCUT2D eigenvalue weighted by Gasteiger charge is 2.52. The third kappa shape index (κ3) is 3.53. The van der Waals surface area contributed by atoms with Gasteiger partial charge in [0.15, 0.2) is 0 Å². The maximum absolute atomic E-state index is 14.7. The molecule has 4 aromatic carbocycles. The Bertz CT molecular complexity index is 1480. The standard InChI is InChI=1S/C32H24N2O/c35-31-32(26-16-6-2-7-17-26,27-18-8-3-9-19-27)23-28(22-24-12-4-1-5-13-24)34(31)29-20-10-14-25-15-11-21-33-30(25)29/h1-22H,23H2/b28-22+. The van der Waals surface area contributed by atoms with Gasteiger partial charge >= 0.3 is 0 Å². The summed E-state index contributed by atoms with van der Waals surface area (Å²) in [7, 11) is 0. The number of pyridine rings is 1. The molecule has 0 atom stereocenters. The Labute approximate surface area is 205 Å². The lowest BCUT2D eigenvalue weighted by molar-refractivity contribution is -0.120. The second-order valence-corrected chi connectivity index (χ2v) is 8.85. The van der Waals surface area contributed by atoms with Crippen molar-refractivity contribution < 1.29 is 4.79 Å². The fourth-order valence-corrected chi connectivity index (χ4v) is 5.20. The van der Waals surface area contributed by atoms with Crippen molar-refractivity contribution in [3.63, 3.8) is 0 Å². The number of hydrogen-bond acceptors (Lipinski definition) is 2. The number of para-hydroxylation sites is 1. The number of hydrogen-bond donors (Lipinski definition) is 0. The van der Waals surface area contributed by atoms with Gasteiger partial charge in [0, 0.05) is 23.7 Å². The topological polar surface area (TPSA) is 33.2 Å². The molecule has 0 unspecified atom stereocenters. The Balaban J connectivity index is 1.64. The second-order valence-electron chi connectivity index (χ2n) is 8.85. The molecule has 0 spiro atoms. The zero-order valence-corrected chi connectivity index (χ0v) is 19.2. The molecule has 6 rings (SSSR count).